The monoisotopic (exact) mass is 436 g/mol. The molecule has 3 aromatic rings. The van der Waals surface area contributed by atoms with Gasteiger partial charge in [0.25, 0.3) is 0 Å². The number of hydrogen-bond acceptors (Lipinski definition) is 4. The SMILES string of the molecule is CCC(CCc1ccc(OC2CCCCC2O)c(C)c1)c1ccc2oc(C(=O)O)cc2c1. The molecule has 2 N–H and O–H groups in total. The molecule has 3 unspecified atom stereocenters. The van der Waals surface area contributed by atoms with Gasteiger partial charge in [-0.15, -0.1) is 0 Å². The Balaban J connectivity index is 1.42. The third-order valence-electron chi connectivity index (χ3n) is 6.68. The van der Waals surface area contributed by atoms with E-state index in [1.54, 1.807) is 6.07 Å². The summed E-state index contributed by atoms with van der Waals surface area (Å²) in [6.07, 6.45) is 6.42. The van der Waals surface area contributed by atoms with Crippen LogP contribution in [-0.2, 0) is 6.42 Å². The molecule has 0 saturated heterocycles. The van der Waals surface area contributed by atoms with Crippen LogP contribution in [0, 0.1) is 6.92 Å². The second kappa shape index (κ2) is 9.78. The number of ether oxygens (including phenoxy) is 1. The molecule has 3 atom stereocenters. The van der Waals surface area contributed by atoms with E-state index in [4.69, 9.17) is 14.3 Å². The lowest BCUT2D eigenvalue weighted by Crippen LogP contribution is -2.34. The van der Waals surface area contributed by atoms with Crippen molar-refractivity contribution in [3.8, 4) is 5.75 Å². The lowest BCUT2D eigenvalue weighted by Gasteiger charge is -2.29. The van der Waals surface area contributed by atoms with Gasteiger partial charge in [0.2, 0.25) is 5.76 Å². The maximum Gasteiger partial charge on any atom is 0.371 e. The Morgan fingerprint density at radius 3 is 2.69 bits per heavy atom. The van der Waals surface area contributed by atoms with Crippen LogP contribution >= 0.6 is 0 Å². The molecule has 0 spiro atoms. The van der Waals surface area contributed by atoms with Crippen LogP contribution in [0.1, 0.15) is 78.6 Å². The number of fused-ring (bicyclic) bond motifs is 1. The predicted octanol–water partition coefficient (Wildman–Crippen LogP) is 6.25. The molecular weight excluding hydrogens is 404 g/mol. The quantitative estimate of drug-likeness (QED) is 0.436. The summed E-state index contributed by atoms with van der Waals surface area (Å²) in [5.74, 6) is 0.182. The number of carboxylic acid groups (broad SMARTS) is 1. The van der Waals surface area contributed by atoms with Gasteiger partial charge in [-0.3, -0.25) is 0 Å². The fraction of sp³-hybridized carbons (Fsp3) is 0.444. The maximum atomic E-state index is 11.2. The number of carbonyl (C=O) groups is 1. The number of aromatic carboxylic acids is 1. The van der Waals surface area contributed by atoms with Crippen molar-refractivity contribution in [2.24, 2.45) is 0 Å². The first-order valence-corrected chi connectivity index (χ1v) is 11.7. The first-order valence-electron chi connectivity index (χ1n) is 11.7. The van der Waals surface area contributed by atoms with Crippen LogP contribution in [-0.4, -0.2) is 28.4 Å². The van der Waals surface area contributed by atoms with Crippen molar-refractivity contribution in [3.05, 3.63) is 64.9 Å². The second-order valence-electron chi connectivity index (χ2n) is 8.96. The standard InChI is InChI=1S/C27H32O5/c1-3-19(20-11-13-24-21(15-20)16-26(32-24)27(29)30)10-8-18-9-12-23(17(2)14-18)31-25-7-5-4-6-22(25)28/h9,11-16,19,22,25,28H,3-8,10H2,1-2H3,(H,29,30). The number of benzene rings is 2. The highest BCUT2D eigenvalue weighted by Crippen LogP contribution is 2.31. The topological polar surface area (TPSA) is 79.9 Å². The van der Waals surface area contributed by atoms with E-state index in [-0.39, 0.29) is 18.0 Å². The highest BCUT2D eigenvalue weighted by molar-refractivity contribution is 5.91. The minimum atomic E-state index is -1.05. The number of furan rings is 1. The summed E-state index contributed by atoms with van der Waals surface area (Å²) >= 11 is 0. The molecular formula is C27H32O5. The van der Waals surface area contributed by atoms with E-state index in [0.717, 1.165) is 61.6 Å². The molecule has 170 valence electrons. The number of hydrogen-bond donors (Lipinski definition) is 2. The molecule has 32 heavy (non-hydrogen) atoms. The van der Waals surface area contributed by atoms with Crippen molar-refractivity contribution < 1.29 is 24.2 Å². The highest BCUT2D eigenvalue weighted by Gasteiger charge is 2.25. The van der Waals surface area contributed by atoms with Crippen LogP contribution in [0.25, 0.3) is 11.0 Å². The molecule has 0 amide bonds. The molecule has 1 aliphatic carbocycles. The van der Waals surface area contributed by atoms with Gasteiger partial charge >= 0.3 is 5.97 Å². The van der Waals surface area contributed by atoms with Gasteiger partial charge in [0.1, 0.15) is 17.4 Å². The summed E-state index contributed by atoms with van der Waals surface area (Å²) in [6, 6.07) is 13.9. The zero-order valence-electron chi connectivity index (χ0n) is 18.8. The number of aliphatic hydroxyl groups is 1. The smallest absolute Gasteiger partial charge is 0.371 e. The average molecular weight is 437 g/mol. The third-order valence-corrected chi connectivity index (χ3v) is 6.68. The largest absolute Gasteiger partial charge is 0.487 e. The zero-order valence-corrected chi connectivity index (χ0v) is 18.8. The lowest BCUT2D eigenvalue weighted by molar-refractivity contribution is 0.00653. The summed E-state index contributed by atoms with van der Waals surface area (Å²) in [5.41, 5.74) is 4.19. The van der Waals surface area contributed by atoms with Crippen LogP contribution in [0.5, 0.6) is 5.75 Å². The molecule has 0 bridgehead atoms. The minimum absolute atomic E-state index is 0.0243. The predicted molar refractivity (Wildman–Crippen MR) is 125 cm³/mol. The molecule has 5 nitrogen and oxygen atoms in total. The average Bonchev–Trinajstić information content (AvgIpc) is 3.21. The van der Waals surface area contributed by atoms with Gasteiger partial charge in [0, 0.05) is 5.39 Å². The number of aryl methyl sites for hydroxylation is 2. The number of aliphatic hydroxyl groups excluding tert-OH is 1. The summed E-state index contributed by atoms with van der Waals surface area (Å²) in [5, 5.41) is 20.2. The van der Waals surface area contributed by atoms with E-state index < -0.39 is 5.97 Å². The molecule has 1 aliphatic rings. The summed E-state index contributed by atoms with van der Waals surface area (Å²) in [7, 11) is 0. The van der Waals surface area contributed by atoms with Crippen molar-refractivity contribution >= 4 is 16.9 Å². The Morgan fingerprint density at radius 2 is 1.97 bits per heavy atom. The summed E-state index contributed by atoms with van der Waals surface area (Å²) in [4.78, 5) is 11.2. The van der Waals surface area contributed by atoms with E-state index in [9.17, 15) is 9.90 Å². The van der Waals surface area contributed by atoms with Crippen molar-refractivity contribution in [3.63, 3.8) is 0 Å². The lowest BCUT2D eigenvalue weighted by atomic mass is 9.89. The van der Waals surface area contributed by atoms with Crippen molar-refractivity contribution in [2.45, 2.75) is 76.9 Å². The van der Waals surface area contributed by atoms with Gasteiger partial charge < -0.3 is 19.4 Å². The molecule has 1 aromatic heterocycles. The van der Waals surface area contributed by atoms with E-state index in [1.165, 1.54) is 11.1 Å². The molecule has 4 rings (SSSR count). The first kappa shape index (κ1) is 22.4. The fourth-order valence-electron chi connectivity index (χ4n) is 4.75. The van der Waals surface area contributed by atoms with E-state index in [0.29, 0.717) is 11.5 Å². The summed E-state index contributed by atoms with van der Waals surface area (Å²) in [6.45, 7) is 4.25. The molecule has 1 heterocycles. The molecule has 1 saturated carbocycles. The molecule has 0 radical (unpaired) electrons. The Hall–Kier alpha value is -2.79. The van der Waals surface area contributed by atoms with Crippen LogP contribution < -0.4 is 4.74 Å². The van der Waals surface area contributed by atoms with E-state index in [1.807, 2.05) is 18.2 Å². The number of rotatable bonds is 8. The van der Waals surface area contributed by atoms with Gasteiger partial charge in [-0.1, -0.05) is 31.5 Å². The van der Waals surface area contributed by atoms with Gasteiger partial charge in [-0.2, -0.15) is 0 Å². The van der Waals surface area contributed by atoms with Crippen LogP contribution in [0.15, 0.2) is 46.9 Å². The molecule has 2 aromatic carbocycles. The van der Waals surface area contributed by atoms with Crippen molar-refractivity contribution in [2.75, 3.05) is 0 Å². The zero-order chi connectivity index (χ0) is 22.7. The maximum absolute atomic E-state index is 11.2. The van der Waals surface area contributed by atoms with Gasteiger partial charge in [-0.25, -0.2) is 4.79 Å². The number of carboxylic acids is 1. The second-order valence-corrected chi connectivity index (χ2v) is 8.96. The fourth-order valence-corrected chi connectivity index (χ4v) is 4.75. The third kappa shape index (κ3) is 4.99. The van der Waals surface area contributed by atoms with E-state index >= 15 is 0 Å². The highest BCUT2D eigenvalue weighted by atomic mass is 16.5. The molecule has 1 fully saturated rings. The Labute approximate surface area is 189 Å². The Kier molecular flexibility index (Phi) is 6.85. The van der Waals surface area contributed by atoms with Gasteiger partial charge in [0.15, 0.2) is 0 Å². The normalized spacial score (nSPS) is 19.7. The first-order chi connectivity index (χ1) is 15.4. The van der Waals surface area contributed by atoms with Gasteiger partial charge in [-0.05, 0) is 92.3 Å². The van der Waals surface area contributed by atoms with Crippen LogP contribution in [0.2, 0.25) is 0 Å². The molecule has 5 heteroatoms. The summed E-state index contributed by atoms with van der Waals surface area (Å²) < 4.78 is 11.5. The van der Waals surface area contributed by atoms with E-state index in [2.05, 4.69) is 32.0 Å². The Bertz CT molecular complexity index is 1080. The molecule has 0 aliphatic heterocycles. The minimum Gasteiger partial charge on any atom is -0.487 e. The van der Waals surface area contributed by atoms with Crippen LogP contribution in [0.4, 0.5) is 0 Å². The van der Waals surface area contributed by atoms with Gasteiger partial charge in [0.05, 0.1) is 6.10 Å². The van der Waals surface area contributed by atoms with Crippen molar-refractivity contribution in [1.82, 2.24) is 0 Å². The van der Waals surface area contributed by atoms with Crippen LogP contribution in [0.3, 0.4) is 0 Å². The Morgan fingerprint density at radius 1 is 1.16 bits per heavy atom. The van der Waals surface area contributed by atoms with Crippen molar-refractivity contribution in [1.29, 1.82) is 0 Å².